The first-order valence-corrected chi connectivity index (χ1v) is 6.29. The van der Waals surface area contributed by atoms with Gasteiger partial charge in [0, 0.05) is 12.6 Å². The van der Waals surface area contributed by atoms with E-state index >= 15 is 0 Å². The number of aryl methyl sites for hydroxylation is 1. The molecular weight excluding hydrogens is 210 g/mol. The van der Waals surface area contributed by atoms with Gasteiger partial charge >= 0.3 is 0 Å². The Labute approximate surface area is 105 Å². The van der Waals surface area contributed by atoms with E-state index in [9.17, 15) is 0 Å². The summed E-state index contributed by atoms with van der Waals surface area (Å²) in [5.41, 5.74) is 4.14. The summed E-state index contributed by atoms with van der Waals surface area (Å²) in [4.78, 5) is 0. The molecule has 0 amide bonds. The molecule has 1 aromatic rings. The molecule has 1 atom stereocenters. The molecule has 0 aliphatic heterocycles. The van der Waals surface area contributed by atoms with Crippen molar-refractivity contribution in [3.8, 4) is 0 Å². The molecule has 0 heterocycles. The largest absolute Gasteiger partial charge is 0.396 e. The van der Waals surface area contributed by atoms with Crippen molar-refractivity contribution in [3.05, 3.63) is 34.9 Å². The van der Waals surface area contributed by atoms with Crippen molar-refractivity contribution in [2.45, 2.75) is 45.6 Å². The molecule has 2 N–H and O–H groups in total. The van der Waals surface area contributed by atoms with Crippen molar-refractivity contribution < 1.29 is 5.11 Å². The molecule has 2 nitrogen and oxygen atoms in total. The molecule has 0 radical (unpaired) electrons. The van der Waals surface area contributed by atoms with E-state index in [0.29, 0.717) is 0 Å². The van der Waals surface area contributed by atoms with Crippen molar-refractivity contribution in [2.24, 2.45) is 0 Å². The topological polar surface area (TPSA) is 32.3 Å². The summed E-state index contributed by atoms with van der Waals surface area (Å²) in [6.45, 7) is 9.08. The number of nitrogens with one attached hydrogen (secondary N) is 1. The first-order valence-electron chi connectivity index (χ1n) is 6.29. The van der Waals surface area contributed by atoms with Crippen LogP contribution in [-0.2, 0) is 5.41 Å². The number of aliphatic hydroxyl groups is 1. The van der Waals surface area contributed by atoms with E-state index in [2.05, 4.69) is 51.2 Å². The fraction of sp³-hybridized carbons (Fsp3) is 0.600. The van der Waals surface area contributed by atoms with Gasteiger partial charge in [-0.2, -0.15) is 0 Å². The maximum absolute atomic E-state index is 9.07. The minimum absolute atomic E-state index is 0.164. The Kier molecular flexibility index (Phi) is 4.72. The monoisotopic (exact) mass is 235 g/mol. The van der Waals surface area contributed by atoms with Gasteiger partial charge in [-0.05, 0) is 42.5 Å². The molecule has 0 fully saturated rings. The summed E-state index contributed by atoms with van der Waals surface area (Å²) in [6.07, 6.45) is 0.753. The van der Waals surface area contributed by atoms with Gasteiger partial charge in [-0.15, -0.1) is 0 Å². The van der Waals surface area contributed by atoms with Gasteiger partial charge in [0.2, 0.25) is 0 Å². The molecule has 17 heavy (non-hydrogen) atoms. The van der Waals surface area contributed by atoms with Crippen LogP contribution in [0.1, 0.15) is 49.9 Å². The van der Waals surface area contributed by atoms with Crippen molar-refractivity contribution in [3.63, 3.8) is 0 Å². The van der Waals surface area contributed by atoms with Crippen LogP contribution in [0.4, 0.5) is 0 Å². The normalized spacial score (nSPS) is 13.8. The molecule has 1 rings (SSSR count). The predicted octanol–water partition coefficient (Wildman–Crippen LogP) is 2.94. The number of rotatable bonds is 4. The third kappa shape index (κ3) is 3.55. The van der Waals surface area contributed by atoms with Gasteiger partial charge in [0.1, 0.15) is 0 Å². The molecule has 1 aromatic carbocycles. The van der Waals surface area contributed by atoms with Crippen LogP contribution in [0.5, 0.6) is 0 Å². The van der Waals surface area contributed by atoms with Gasteiger partial charge in [0.25, 0.3) is 0 Å². The number of aliphatic hydroxyl groups excluding tert-OH is 1. The van der Waals surface area contributed by atoms with Gasteiger partial charge in [-0.3, -0.25) is 0 Å². The van der Waals surface area contributed by atoms with Crippen LogP contribution in [0.25, 0.3) is 0 Å². The first kappa shape index (κ1) is 14.2. The fourth-order valence-corrected chi connectivity index (χ4v) is 2.27. The molecule has 0 bridgehead atoms. The highest BCUT2D eigenvalue weighted by atomic mass is 16.3. The SMILES string of the molecule is CNC(CCO)c1ccc(C)c(C(C)(C)C)c1. The Morgan fingerprint density at radius 1 is 1.29 bits per heavy atom. The summed E-state index contributed by atoms with van der Waals surface area (Å²) >= 11 is 0. The zero-order valence-corrected chi connectivity index (χ0v) is 11.7. The second-order valence-electron chi connectivity index (χ2n) is 5.68. The average Bonchev–Trinajstić information content (AvgIpc) is 2.25. The van der Waals surface area contributed by atoms with Crippen LogP contribution in [0.3, 0.4) is 0 Å². The predicted molar refractivity (Wildman–Crippen MR) is 73.4 cm³/mol. The Morgan fingerprint density at radius 2 is 1.94 bits per heavy atom. The Hall–Kier alpha value is -0.860. The van der Waals surface area contributed by atoms with E-state index < -0.39 is 0 Å². The summed E-state index contributed by atoms with van der Waals surface area (Å²) in [7, 11) is 1.94. The van der Waals surface area contributed by atoms with Crippen LogP contribution in [0, 0.1) is 6.92 Å². The van der Waals surface area contributed by atoms with Gasteiger partial charge in [-0.1, -0.05) is 39.0 Å². The molecule has 0 spiro atoms. The smallest absolute Gasteiger partial charge is 0.0449 e. The lowest BCUT2D eigenvalue weighted by Gasteiger charge is -2.24. The lowest BCUT2D eigenvalue weighted by Crippen LogP contribution is -2.20. The lowest BCUT2D eigenvalue weighted by molar-refractivity contribution is 0.268. The summed E-state index contributed by atoms with van der Waals surface area (Å²) in [5, 5.41) is 12.3. The molecular formula is C15H25NO. The van der Waals surface area contributed by atoms with Gasteiger partial charge in [0.05, 0.1) is 0 Å². The van der Waals surface area contributed by atoms with Crippen molar-refractivity contribution in [2.75, 3.05) is 13.7 Å². The van der Waals surface area contributed by atoms with Crippen molar-refractivity contribution in [1.82, 2.24) is 5.32 Å². The summed E-state index contributed by atoms with van der Waals surface area (Å²) < 4.78 is 0. The minimum Gasteiger partial charge on any atom is -0.396 e. The van der Waals surface area contributed by atoms with Crippen LogP contribution in [0.15, 0.2) is 18.2 Å². The van der Waals surface area contributed by atoms with Crippen LogP contribution in [-0.4, -0.2) is 18.8 Å². The maximum atomic E-state index is 9.07. The molecule has 96 valence electrons. The van der Waals surface area contributed by atoms with E-state index in [1.807, 2.05) is 7.05 Å². The summed E-state index contributed by atoms with van der Waals surface area (Å²) in [6, 6.07) is 6.84. The Morgan fingerprint density at radius 3 is 2.41 bits per heavy atom. The second kappa shape index (κ2) is 5.65. The van der Waals surface area contributed by atoms with Crippen molar-refractivity contribution >= 4 is 0 Å². The zero-order valence-electron chi connectivity index (χ0n) is 11.7. The Bertz CT molecular complexity index is 366. The number of benzene rings is 1. The quantitative estimate of drug-likeness (QED) is 0.841. The fourth-order valence-electron chi connectivity index (χ4n) is 2.27. The van der Waals surface area contributed by atoms with Gasteiger partial charge in [-0.25, -0.2) is 0 Å². The molecule has 0 aromatic heterocycles. The van der Waals surface area contributed by atoms with Crippen LogP contribution >= 0.6 is 0 Å². The molecule has 2 heteroatoms. The second-order valence-corrected chi connectivity index (χ2v) is 5.68. The first-order chi connectivity index (χ1) is 7.90. The molecule has 0 aliphatic carbocycles. The Balaban J connectivity index is 3.11. The molecule has 1 unspecified atom stereocenters. The van der Waals surface area contributed by atoms with Gasteiger partial charge in [0.15, 0.2) is 0 Å². The number of hydrogen-bond acceptors (Lipinski definition) is 2. The van der Waals surface area contributed by atoms with E-state index in [4.69, 9.17) is 5.11 Å². The van der Waals surface area contributed by atoms with E-state index in [1.54, 1.807) is 0 Å². The third-order valence-corrected chi connectivity index (χ3v) is 3.24. The lowest BCUT2D eigenvalue weighted by atomic mass is 9.82. The maximum Gasteiger partial charge on any atom is 0.0449 e. The molecule has 0 saturated heterocycles. The summed E-state index contributed by atoms with van der Waals surface area (Å²) in [5.74, 6) is 0. The zero-order chi connectivity index (χ0) is 13.1. The highest BCUT2D eigenvalue weighted by Crippen LogP contribution is 2.29. The van der Waals surface area contributed by atoms with Crippen LogP contribution < -0.4 is 5.32 Å². The standard InChI is InChI=1S/C15H25NO/c1-11-6-7-12(14(16-5)8-9-17)10-13(11)15(2,3)4/h6-7,10,14,16-17H,8-9H2,1-5H3. The van der Waals surface area contributed by atoms with E-state index in [0.717, 1.165) is 6.42 Å². The highest BCUT2D eigenvalue weighted by molar-refractivity contribution is 5.37. The average molecular weight is 235 g/mol. The highest BCUT2D eigenvalue weighted by Gasteiger charge is 2.18. The molecule has 0 aliphatic rings. The minimum atomic E-state index is 0.164. The molecule has 0 saturated carbocycles. The van der Waals surface area contributed by atoms with Crippen molar-refractivity contribution in [1.29, 1.82) is 0 Å². The number of hydrogen-bond donors (Lipinski definition) is 2. The van der Waals surface area contributed by atoms with Crippen LogP contribution in [0.2, 0.25) is 0 Å². The third-order valence-electron chi connectivity index (χ3n) is 3.24. The van der Waals surface area contributed by atoms with E-state index in [1.165, 1.54) is 16.7 Å². The van der Waals surface area contributed by atoms with Gasteiger partial charge < -0.3 is 10.4 Å². The van der Waals surface area contributed by atoms with E-state index in [-0.39, 0.29) is 18.1 Å².